The van der Waals surface area contributed by atoms with Crippen LogP contribution in [-0.2, 0) is 16.0 Å². The van der Waals surface area contributed by atoms with E-state index in [-0.39, 0.29) is 17.7 Å². The van der Waals surface area contributed by atoms with Crippen LogP contribution in [0.3, 0.4) is 0 Å². The number of Topliss-reactive ketones (excluding diaryl/α,β-unsaturated/α-hetero) is 1. The van der Waals surface area contributed by atoms with E-state index in [4.69, 9.17) is 11.6 Å². The number of carbonyl (C=O) groups excluding carboxylic acids is 2. The van der Waals surface area contributed by atoms with Gasteiger partial charge in [-0.3, -0.25) is 9.59 Å². The maximum atomic E-state index is 11.7. The normalized spacial score (nSPS) is 19.4. The van der Waals surface area contributed by atoms with Gasteiger partial charge in [-0.15, -0.1) is 0 Å². The highest BCUT2D eigenvalue weighted by Gasteiger charge is 2.25. The number of hydrogen-bond donors (Lipinski definition) is 1. The van der Waals surface area contributed by atoms with Gasteiger partial charge in [0.2, 0.25) is 5.91 Å². The molecule has 17 heavy (non-hydrogen) atoms. The molecule has 0 radical (unpaired) electrons. The summed E-state index contributed by atoms with van der Waals surface area (Å²) in [6.07, 6.45) is 2.53. The molecule has 0 aliphatic heterocycles. The Kier molecular flexibility index (Phi) is 3.79. The van der Waals surface area contributed by atoms with Gasteiger partial charge in [-0.05, 0) is 30.5 Å². The monoisotopic (exact) mass is 251 g/mol. The number of benzene rings is 1. The minimum atomic E-state index is -0.269. The molecule has 1 aromatic carbocycles. The van der Waals surface area contributed by atoms with Gasteiger partial charge in [0.05, 0.1) is 12.5 Å². The van der Waals surface area contributed by atoms with E-state index < -0.39 is 0 Å². The van der Waals surface area contributed by atoms with Crippen molar-refractivity contribution in [1.82, 2.24) is 5.32 Å². The average Bonchev–Trinajstić information content (AvgIpc) is 2.68. The molecule has 1 saturated carbocycles. The second-order valence-corrected chi connectivity index (χ2v) is 4.72. The van der Waals surface area contributed by atoms with Crippen LogP contribution in [-0.4, -0.2) is 17.7 Å². The summed E-state index contributed by atoms with van der Waals surface area (Å²) in [5, 5.41) is 3.42. The maximum Gasteiger partial charge on any atom is 0.224 e. The molecule has 1 aromatic rings. The van der Waals surface area contributed by atoms with Crippen molar-refractivity contribution in [2.24, 2.45) is 0 Å². The first-order valence-corrected chi connectivity index (χ1v) is 6.09. The molecule has 90 valence electrons. The Morgan fingerprint density at radius 1 is 1.35 bits per heavy atom. The Hall–Kier alpha value is -1.35. The lowest BCUT2D eigenvalue weighted by atomic mass is 10.1. The lowest BCUT2D eigenvalue weighted by Crippen LogP contribution is -2.38. The third-order valence-corrected chi connectivity index (χ3v) is 3.17. The molecule has 1 aliphatic carbocycles. The van der Waals surface area contributed by atoms with E-state index in [1.54, 1.807) is 12.1 Å². The SMILES string of the molecule is O=C(Cc1ccc(Cl)cc1)N[C@@H]1CCCC1=O. The molecule has 0 bridgehead atoms. The van der Waals surface area contributed by atoms with Crippen LogP contribution in [0.1, 0.15) is 24.8 Å². The molecule has 1 fully saturated rings. The summed E-state index contributed by atoms with van der Waals surface area (Å²) in [4.78, 5) is 23.1. The van der Waals surface area contributed by atoms with Crippen LogP contribution in [0.2, 0.25) is 5.02 Å². The van der Waals surface area contributed by atoms with Crippen molar-refractivity contribution in [1.29, 1.82) is 0 Å². The highest BCUT2D eigenvalue weighted by atomic mass is 35.5. The second kappa shape index (κ2) is 5.32. The zero-order valence-electron chi connectivity index (χ0n) is 9.41. The Morgan fingerprint density at radius 3 is 2.65 bits per heavy atom. The van der Waals surface area contributed by atoms with Gasteiger partial charge in [-0.25, -0.2) is 0 Å². The van der Waals surface area contributed by atoms with Gasteiger partial charge in [0.25, 0.3) is 0 Å². The van der Waals surface area contributed by atoms with Crippen molar-refractivity contribution in [3.05, 3.63) is 34.9 Å². The number of hydrogen-bond acceptors (Lipinski definition) is 2. The summed E-state index contributed by atoms with van der Waals surface area (Å²) in [5.41, 5.74) is 0.900. The molecule has 0 heterocycles. The molecule has 0 unspecified atom stereocenters. The summed E-state index contributed by atoms with van der Waals surface area (Å²) < 4.78 is 0. The lowest BCUT2D eigenvalue weighted by Gasteiger charge is -2.10. The smallest absolute Gasteiger partial charge is 0.224 e. The first-order valence-electron chi connectivity index (χ1n) is 5.71. The van der Waals surface area contributed by atoms with Gasteiger partial charge in [-0.1, -0.05) is 23.7 Å². The number of halogens is 1. The quantitative estimate of drug-likeness (QED) is 0.895. The van der Waals surface area contributed by atoms with Crippen molar-refractivity contribution in [3.8, 4) is 0 Å². The van der Waals surface area contributed by atoms with E-state index >= 15 is 0 Å². The largest absolute Gasteiger partial charge is 0.346 e. The van der Waals surface area contributed by atoms with Crippen molar-refractivity contribution >= 4 is 23.3 Å². The van der Waals surface area contributed by atoms with E-state index in [1.165, 1.54) is 0 Å². The van der Waals surface area contributed by atoms with Crippen LogP contribution in [0.25, 0.3) is 0 Å². The van der Waals surface area contributed by atoms with E-state index in [9.17, 15) is 9.59 Å². The molecule has 1 amide bonds. The average molecular weight is 252 g/mol. The molecule has 1 atom stereocenters. The van der Waals surface area contributed by atoms with Crippen LogP contribution < -0.4 is 5.32 Å². The van der Waals surface area contributed by atoms with E-state index in [0.717, 1.165) is 18.4 Å². The summed E-state index contributed by atoms with van der Waals surface area (Å²) in [7, 11) is 0. The van der Waals surface area contributed by atoms with Crippen LogP contribution in [0.4, 0.5) is 0 Å². The highest BCUT2D eigenvalue weighted by molar-refractivity contribution is 6.30. The molecule has 2 rings (SSSR count). The van der Waals surface area contributed by atoms with Crippen molar-refractivity contribution < 1.29 is 9.59 Å². The molecule has 1 N–H and O–H groups in total. The van der Waals surface area contributed by atoms with Gasteiger partial charge in [0.1, 0.15) is 0 Å². The first-order chi connectivity index (χ1) is 8.15. The molecule has 4 heteroatoms. The van der Waals surface area contributed by atoms with Crippen LogP contribution in [0, 0.1) is 0 Å². The minimum absolute atomic E-state index is 0.104. The molecular formula is C13H14ClNO2. The molecule has 0 spiro atoms. The van der Waals surface area contributed by atoms with Gasteiger partial charge in [0.15, 0.2) is 5.78 Å². The zero-order valence-corrected chi connectivity index (χ0v) is 10.2. The highest BCUT2D eigenvalue weighted by Crippen LogP contribution is 2.15. The van der Waals surface area contributed by atoms with Crippen LogP contribution in [0.5, 0.6) is 0 Å². The van der Waals surface area contributed by atoms with Crippen molar-refractivity contribution in [2.45, 2.75) is 31.7 Å². The standard InChI is InChI=1S/C13H14ClNO2/c14-10-6-4-9(5-7-10)8-13(17)15-11-2-1-3-12(11)16/h4-7,11H,1-3,8H2,(H,15,17)/t11-/m1/s1. The first kappa shape index (κ1) is 12.1. The molecule has 0 saturated heterocycles. The van der Waals surface area contributed by atoms with Crippen molar-refractivity contribution in [3.63, 3.8) is 0 Å². The Bertz CT molecular complexity index is 428. The second-order valence-electron chi connectivity index (χ2n) is 4.28. The predicted molar refractivity (Wildman–Crippen MR) is 65.9 cm³/mol. The van der Waals surface area contributed by atoms with Crippen molar-refractivity contribution in [2.75, 3.05) is 0 Å². The fourth-order valence-electron chi connectivity index (χ4n) is 2.00. The fraction of sp³-hybridized carbons (Fsp3) is 0.385. The summed E-state index contributed by atoms with van der Waals surface area (Å²) in [5.74, 6) is 0.0435. The molecular weight excluding hydrogens is 238 g/mol. The van der Waals surface area contributed by atoms with Gasteiger partial charge >= 0.3 is 0 Å². The molecule has 0 aromatic heterocycles. The Balaban J connectivity index is 1.88. The minimum Gasteiger partial charge on any atom is -0.346 e. The van der Waals surface area contributed by atoms with Gasteiger partial charge in [-0.2, -0.15) is 0 Å². The topological polar surface area (TPSA) is 46.2 Å². The summed E-state index contributed by atoms with van der Waals surface area (Å²) in [6.45, 7) is 0. The molecule has 3 nitrogen and oxygen atoms in total. The van der Waals surface area contributed by atoms with E-state index in [1.807, 2.05) is 12.1 Å². The fourth-order valence-corrected chi connectivity index (χ4v) is 2.13. The Morgan fingerprint density at radius 2 is 2.06 bits per heavy atom. The third-order valence-electron chi connectivity index (χ3n) is 2.92. The number of amides is 1. The van der Waals surface area contributed by atoms with Crippen LogP contribution in [0.15, 0.2) is 24.3 Å². The maximum absolute atomic E-state index is 11.7. The predicted octanol–water partition coefficient (Wildman–Crippen LogP) is 2.12. The Labute approximate surface area is 105 Å². The molecule has 1 aliphatic rings. The van der Waals surface area contributed by atoms with Gasteiger partial charge in [0, 0.05) is 11.4 Å². The lowest BCUT2D eigenvalue weighted by molar-refractivity contribution is -0.126. The zero-order chi connectivity index (χ0) is 12.3. The number of carbonyl (C=O) groups is 2. The van der Waals surface area contributed by atoms with Crippen LogP contribution >= 0.6 is 11.6 Å². The van der Waals surface area contributed by atoms with E-state index in [0.29, 0.717) is 17.9 Å². The van der Waals surface area contributed by atoms with Gasteiger partial charge < -0.3 is 5.32 Å². The van der Waals surface area contributed by atoms with E-state index in [2.05, 4.69) is 5.32 Å². The summed E-state index contributed by atoms with van der Waals surface area (Å²) in [6, 6.07) is 6.88. The summed E-state index contributed by atoms with van der Waals surface area (Å²) >= 11 is 5.76. The number of ketones is 1. The number of rotatable bonds is 3. The third kappa shape index (κ3) is 3.30. The number of nitrogens with one attached hydrogen (secondary N) is 1.